The highest BCUT2D eigenvalue weighted by Crippen LogP contribution is 2.10. The Balaban J connectivity index is 1.72. The molecule has 7 nitrogen and oxygen atoms in total. The number of hydrogen-bond donors (Lipinski definition) is 1. The van der Waals surface area contributed by atoms with Crippen LogP contribution in [0.15, 0.2) is 28.3 Å². The van der Waals surface area contributed by atoms with Crippen molar-refractivity contribution < 1.29 is 14.0 Å². The molecule has 2 amide bonds. The molecule has 0 aliphatic carbocycles. The third-order valence-corrected chi connectivity index (χ3v) is 3.18. The maximum Gasteiger partial charge on any atom is 0.226 e. The van der Waals surface area contributed by atoms with Gasteiger partial charge in [0, 0.05) is 19.9 Å². The molecule has 0 fully saturated rings. The predicted molar refractivity (Wildman–Crippen MR) is 73.0 cm³/mol. The van der Waals surface area contributed by atoms with Crippen LogP contribution < -0.4 is 5.32 Å². The summed E-state index contributed by atoms with van der Waals surface area (Å²) in [5.74, 6) is 0.342. The van der Waals surface area contributed by atoms with Crippen molar-refractivity contribution in [1.29, 1.82) is 0 Å². The molecule has 2 aromatic heterocycles. The molecular formula is C12H14N4O3S. The summed E-state index contributed by atoms with van der Waals surface area (Å²) in [6, 6.07) is 3.56. The molecule has 0 bridgehead atoms. The van der Waals surface area contributed by atoms with E-state index in [1.54, 1.807) is 25.4 Å². The van der Waals surface area contributed by atoms with Crippen LogP contribution in [0.2, 0.25) is 0 Å². The van der Waals surface area contributed by atoms with E-state index in [4.69, 9.17) is 4.42 Å². The van der Waals surface area contributed by atoms with Gasteiger partial charge in [-0.3, -0.25) is 9.59 Å². The fourth-order valence-corrected chi connectivity index (χ4v) is 2.01. The molecular weight excluding hydrogens is 280 g/mol. The van der Waals surface area contributed by atoms with E-state index >= 15 is 0 Å². The Morgan fingerprint density at radius 2 is 2.30 bits per heavy atom. The molecule has 1 N–H and O–H groups in total. The zero-order chi connectivity index (χ0) is 14.4. The van der Waals surface area contributed by atoms with Crippen molar-refractivity contribution >= 4 is 28.3 Å². The van der Waals surface area contributed by atoms with Gasteiger partial charge in [0.15, 0.2) is 0 Å². The molecule has 106 valence electrons. The van der Waals surface area contributed by atoms with Crippen LogP contribution in [-0.2, 0) is 16.1 Å². The number of aromatic nitrogens is 2. The Hall–Kier alpha value is -2.22. The minimum absolute atomic E-state index is 0.112. The number of hydrogen-bond acceptors (Lipinski definition) is 6. The average molecular weight is 294 g/mol. The van der Waals surface area contributed by atoms with E-state index in [0.29, 0.717) is 17.4 Å². The zero-order valence-electron chi connectivity index (χ0n) is 10.9. The first kappa shape index (κ1) is 14.2. The van der Waals surface area contributed by atoms with Gasteiger partial charge in [0.25, 0.3) is 0 Å². The maximum atomic E-state index is 11.9. The quantitative estimate of drug-likeness (QED) is 0.872. The average Bonchev–Trinajstić information content (AvgIpc) is 3.09. The molecule has 2 rings (SSSR count). The largest absolute Gasteiger partial charge is 0.467 e. The molecule has 0 atom stereocenters. The summed E-state index contributed by atoms with van der Waals surface area (Å²) in [6.07, 6.45) is 1.81. The molecule has 0 radical (unpaired) electrons. The first-order valence-electron chi connectivity index (χ1n) is 5.97. The van der Waals surface area contributed by atoms with Crippen LogP contribution in [-0.4, -0.2) is 34.0 Å². The van der Waals surface area contributed by atoms with Crippen LogP contribution in [0.1, 0.15) is 18.6 Å². The third kappa shape index (κ3) is 4.16. The number of nitrogens with one attached hydrogen (secondary N) is 1. The van der Waals surface area contributed by atoms with Crippen LogP contribution >= 0.6 is 11.3 Å². The van der Waals surface area contributed by atoms with Gasteiger partial charge in [0.05, 0.1) is 12.8 Å². The maximum absolute atomic E-state index is 11.9. The predicted octanol–water partition coefficient (Wildman–Crippen LogP) is 1.51. The van der Waals surface area contributed by atoms with Crippen LogP contribution in [0.5, 0.6) is 0 Å². The molecule has 2 heterocycles. The van der Waals surface area contributed by atoms with E-state index < -0.39 is 0 Å². The summed E-state index contributed by atoms with van der Waals surface area (Å²) in [5, 5.41) is 10.3. The van der Waals surface area contributed by atoms with E-state index in [2.05, 4.69) is 15.5 Å². The normalized spacial score (nSPS) is 10.2. The van der Waals surface area contributed by atoms with Crippen LogP contribution in [0, 0.1) is 0 Å². The van der Waals surface area contributed by atoms with Gasteiger partial charge in [-0.1, -0.05) is 11.3 Å². The summed E-state index contributed by atoms with van der Waals surface area (Å²) < 4.78 is 5.16. The molecule has 0 spiro atoms. The molecule has 0 aliphatic heterocycles. The Morgan fingerprint density at radius 3 is 2.95 bits per heavy atom. The molecule has 0 aliphatic rings. The van der Waals surface area contributed by atoms with Crippen molar-refractivity contribution in [1.82, 2.24) is 15.1 Å². The minimum Gasteiger partial charge on any atom is -0.467 e. The Morgan fingerprint density at radius 1 is 1.45 bits per heavy atom. The number of nitrogens with zero attached hydrogens (tertiary/aromatic N) is 3. The smallest absolute Gasteiger partial charge is 0.226 e. The van der Waals surface area contributed by atoms with Gasteiger partial charge in [-0.05, 0) is 12.1 Å². The van der Waals surface area contributed by atoms with Crippen molar-refractivity contribution in [3.05, 3.63) is 29.7 Å². The standard InChI is InChI=1S/C12H14N4O3S/c1-16(7-9-3-2-6-19-9)11(18)5-4-10(17)14-12-15-13-8-20-12/h2-3,6,8H,4-5,7H2,1H3,(H,14,15,17). The summed E-state index contributed by atoms with van der Waals surface area (Å²) in [4.78, 5) is 25.0. The topological polar surface area (TPSA) is 88.3 Å². The first-order valence-corrected chi connectivity index (χ1v) is 6.85. The van der Waals surface area contributed by atoms with Gasteiger partial charge >= 0.3 is 0 Å². The third-order valence-electron chi connectivity index (χ3n) is 2.57. The van der Waals surface area contributed by atoms with Gasteiger partial charge < -0.3 is 14.6 Å². The lowest BCUT2D eigenvalue weighted by Crippen LogP contribution is -2.27. The van der Waals surface area contributed by atoms with Crippen molar-refractivity contribution in [2.45, 2.75) is 19.4 Å². The highest BCUT2D eigenvalue weighted by Gasteiger charge is 2.13. The summed E-state index contributed by atoms with van der Waals surface area (Å²) in [7, 11) is 1.67. The lowest BCUT2D eigenvalue weighted by Gasteiger charge is -2.15. The second-order valence-corrected chi connectivity index (χ2v) is 4.95. The minimum atomic E-state index is -0.249. The van der Waals surface area contributed by atoms with Gasteiger partial charge in [0.1, 0.15) is 11.3 Å². The second kappa shape index (κ2) is 6.80. The summed E-state index contributed by atoms with van der Waals surface area (Å²) >= 11 is 1.23. The van der Waals surface area contributed by atoms with Crippen molar-refractivity contribution in [2.75, 3.05) is 12.4 Å². The number of carbonyl (C=O) groups excluding carboxylic acids is 2. The van der Waals surface area contributed by atoms with Crippen LogP contribution in [0.25, 0.3) is 0 Å². The van der Waals surface area contributed by atoms with Gasteiger partial charge in [-0.2, -0.15) is 0 Å². The molecule has 0 saturated heterocycles. The molecule has 0 aromatic carbocycles. The Bertz CT molecular complexity index is 553. The fraction of sp³-hybridized carbons (Fsp3) is 0.333. The van der Waals surface area contributed by atoms with Gasteiger partial charge in [-0.15, -0.1) is 10.2 Å². The molecule has 0 saturated carbocycles. The first-order chi connectivity index (χ1) is 9.65. The lowest BCUT2D eigenvalue weighted by atomic mass is 10.2. The zero-order valence-corrected chi connectivity index (χ0v) is 11.7. The fourth-order valence-electron chi connectivity index (χ4n) is 1.55. The van der Waals surface area contributed by atoms with Crippen molar-refractivity contribution in [3.8, 4) is 0 Å². The number of carbonyl (C=O) groups is 2. The second-order valence-electron chi connectivity index (χ2n) is 4.12. The van der Waals surface area contributed by atoms with E-state index in [1.165, 1.54) is 21.7 Å². The van der Waals surface area contributed by atoms with Crippen LogP contribution in [0.4, 0.5) is 5.13 Å². The highest BCUT2D eigenvalue weighted by atomic mass is 32.1. The number of rotatable bonds is 6. The number of furan rings is 1. The van der Waals surface area contributed by atoms with Crippen LogP contribution in [0.3, 0.4) is 0 Å². The summed E-state index contributed by atoms with van der Waals surface area (Å²) in [5.41, 5.74) is 1.53. The monoisotopic (exact) mass is 294 g/mol. The van der Waals surface area contributed by atoms with E-state index in [9.17, 15) is 9.59 Å². The highest BCUT2D eigenvalue weighted by molar-refractivity contribution is 7.13. The molecule has 2 aromatic rings. The Labute approximate surface area is 119 Å². The Kier molecular flexibility index (Phi) is 4.83. The van der Waals surface area contributed by atoms with Gasteiger partial charge in [0.2, 0.25) is 16.9 Å². The summed E-state index contributed by atoms with van der Waals surface area (Å²) in [6.45, 7) is 0.393. The van der Waals surface area contributed by atoms with E-state index in [-0.39, 0.29) is 24.7 Å². The van der Waals surface area contributed by atoms with E-state index in [1.807, 2.05) is 0 Å². The number of amides is 2. The number of anilines is 1. The molecule has 8 heteroatoms. The SMILES string of the molecule is CN(Cc1ccco1)C(=O)CCC(=O)Nc1nncs1. The molecule has 0 unspecified atom stereocenters. The van der Waals surface area contributed by atoms with E-state index in [0.717, 1.165) is 0 Å². The van der Waals surface area contributed by atoms with Crippen molar-refractivity contribution in [3.63, 3.8) is 0 Å². The van der Waals surface area contributed by atoms with Crippen molar-refractivity contribution in [2.24, 2.45) is 0 Å². The van der Waals surface area contributed by atoms with Gasteiger partial charge in [-0.25, -0.2) is 0 Å². The molecule has 20 heavy (non-hydrogen) atoms. The lowest BCUT2D eigenvalue weighted by molar-refractivity contribution is -0.132.